The van der Waals surface area contributed by atoms with E-state index < -0.39 is 11.9 Å². The highest BCUT2D eigenvalue weighted by Crippen LogP contribution is 2.43. The van der Waals surface area contributed by atoms with Crippen LogP contribution >= 0.6 is 27.5 Å². The molecule has 0 radical (unpaired) electrons. The highest BCUT2D eigenvalue weighted by atomic mass is 79.9. The molecule has 0 N–H and O–H groups in total. The number of halogens is 2. The van der Waals surface area contributed by atoms with Gasteiger partial charge in [-0.15, -0.1) is 0 Å². The van der Waals surface area contributed by atoms with E-state index in [0.717, 1.165) is 35.0 Å². The number of nitrogens with zero attached hydrogens (tertiary/aromatic N) is 1. The highest BCUT2D eigenvalue weighted by molar-refractivity contribution is 9.10. The molecule has 37 heavy (non-hydrogen) atoms. The monoisotopic (exact) mass is 581 g/mol. The first-order valence-corrected chi connectivity index (χ1v) is 13.3. The number of hydrogen-bond acceptors (Lipinski definition) is 5. The van der Waals surface area contributed by atoms with Crippen LogP contribution in [0, 0.1) is 0 Å². The Labute approximate surface area is 227 Å². The van der Waals surface area contributed by atoms with Gasteiger partial charge in [0, 0.05) is 10.2 Å². The summed E-state index contributed by atoms with van der Waals surface area (Å²) in [6.45, 7) is 2.79. The summed E-state index contributed by atoms with van der Waals surface area (Å²) in [5, 5.41) is 0.753. The topological polar surface area (TPSA) is 69.0 Å². The van der Waals surface area contributed by atoms with E-state index in [0.29, 0.717) is 39.6 Å². The minimum absolute atomic E-state index is 0.0247. The molecule has 0 saturated heterocycles. The highest BCUT2D eigenvalue weighted by Gasteiger charge is 2.43. The Balaban J connectivity index is 1.63. The van der Waals surface area contributed by atoms with Crippen molar-refractivity contribution in [3.63, 3.8) is 0 Å². The largest absolute Gasteiger partial charge is 0.495 e. The van der Waals surface area contributed by atoms with Crippen LogP contribution in [0.25, 0.3) is 11.0 Å². The Hall–Kier alpha value is -3.29. The summed E-state index contributed by atoms with van der Waals surface area (Å²) >= 11 is 9.85. The molecule has 8 heteroatoms. The van der Waals surface area contributed by atoms with Gasteiger partial charge < -0.3 is 13.9 Å². The number of methoxy groups -OCH3 is 1. The van der Waals surface area contributed by atoms with Crippen LogP contribution in [-0.4, -0.2) is 19.6 Å². The molecule has 5 rings (SSSR count). The van der Waals surface area contributed by atoms with Gasteiger partial charge in [-0.3, -0.25) is 14.5 Å². The molecule has 0 fully saturated rings. The minimum atomic E-state index is -0.708. The van der Waals surface area contributed by atoms with Crippen LogP contribution in [0.4, 0.5) is 5.69 Å². The van der Waals surface area contributed by atoms with Crippen LogP contribution in [0.1, 0.15) is 53.9 Å². The lowest BCUT2D eigenvalue weighted by atomic mass is 9.98. The first-order chi connectivity index (χ1) is 17.9. The van der Waals surface area contributed by atoms with Crippen molar-refractivity contribution in [1.29, 1.82) is 0 Å². The molecule has 2 heterocycles. The van der Waals surface area contributed by atoms with Gasteiger partial charge in [0.1, 0.15) is 17.1 Å². The Morgan fingerprint density at radius 1 is 1.03 bits per heavy atom. The van der Waals surface area contributed by atoms with Gasteiger partial charge in [-0.1, -0.05) is 59.4 Å². The summed E-state index contributed by atoms with van der Waals surface area (Å²) < 4.78 is 17.9. The fourth-order valence-corrected chi connectivity index (χ4v) is 5.23. The molecule has 0 bridgehead atoms. The molecule has 1 aliphatic rings. The first-order valence-electron chi connectivity index (χ1n) is 12.1. The summed E-state index contributed by atoms with van der Waals surface area (Å²) in [5.41, 5.74) is 1.67. The van der Waals surface area contributed by atoms with Crippen LogP contribution in [0.15, 0.2) is 74.3 Å². The van der Waals surface area contributed by atoms with E-state index in [4.69, 9.17) is 25.5 Å². The van der Waals surface area contributed by atoms with Crippen LogP contribution in [0.2, 0.25) is 5.02 Å². The fraction of sp³-hybridized carbons (Fsp3) is 0.241. The number of rotatable bonds is 8. The van der Waals surface area contributed by atoms with Gasteiger partial charge in [0.2, 0.25) is 5.76 Å². The molecule has 1 amide bonds. The second-order valence-electron chi connectivity index (χ2n) is 8.84. The molecule has 0 saturated carbocycles. The van der Waals surface area contributed by atoms with Crippen molar-refractivity contribution in [1.82, 2.24) is 0 Å². The van der Waals surface area contributed by atoms with Crippen LogP contribution in [-0.2, 0) is 0 Å². The number of carbonyl (C=O) groups excluding carboxylic acids is 1. The quantitative estimate of drug-likeness (QED) is 0.201. The van der Waals surface area contributed by atoms with E-state index in [9.17, 15) is 9.59 Å². The molecule has 1 unspecified atom stereocenters. The molecule has 1 aromatic heterocycles. The van der Waals surface area contributed by atoms with Crippen molar-refractivity contribution in [2.24, 2.45) is 0 Å². The van der Waals surface area contributed by atoms with Gasteiger partial charge in [-0.2, -0.15) is 0 Å². The normalized spacial score (nSPS) is 14.8. The SMILES string of the molecule is CCCCCOc1ccc(C2c3c(oc4ccc(Br)cc4c3=O)C(=O)N2c2ccc(OC)c(Cl)c2)cc1. The van der Waals surface area contributed by atoms with Gasteiger partial charge in [0.15, 0.2) is 5.43 Å². The summed E-state index contributed by atoms with van der Waals surface area (Å²) in [6.07, 6.45) is 3.22. The zero-order chi connectivity index (χ0) is 26.1. The summed E-state index contributed by atoms with van der Waals surface area (Å²) in [7, 11) is 1.53. The lowest BCUT2D eigenvalue weighted by Gasteiger charge is -2.26. The summed E-state index contributed by atoms with van der Waals surface area (Å²) in [4.78, 5) is 29.1. The van der Waals surface area contributed by atoms with Crippen molar-refractivity contribution in [3.05, 3.63) is 97.3 Å². The van der Waals surface area contributed by atoms with Gasteiger partial charge in [0.25, 0.3) is 5.91 Å². The zero-order valence-electron chi connectivity index (χ0n) is 20.4. The number of hydrogen-bond donors (Lipinski definition) is 0. The van der Waals surface area contributed by atoms with E-state index in [1.54, 1.807) is 41.3 Å². The molecule has 3 aromatic carbocycles. The number of benzene rings is 3. The lowest BCUT2D eigenvalue weighted by molar-refractivity contribution is 0.0971. The van der Waals surface area contributed by atoms with Gasteiger partial charge in [-0.25, -0.2) is 0 Å². The predicted octanol–water partition coefficient (Wildman–Crippen LogP) is 7.54. The number of fused-ring (bicyclic) bond motifs is 2. The maximum atomic E-state index is 13.8. The molecule has 6 nitrogen and oxygen atoms in total. The van der Waals surface area contributed by atoms with Crippen molar-refractivity contribution in [2.75, 3.05) is 18.6 Å². The zero-order valence-corrected chi connectivity index (χ0v) is 22.8. The third-order valence-electron chi connectivity index (χ3n) is 6.46. The van der Waals surface area contributed by atoms with Gasteiger partial charge in [-0.05, 0) is 60.5 Å². The maximum Gasteiger partial charge on any atom is 0.295 e. The number of anilines is 1. The van der Waals surface area contributed by atoms with Crippen LogP contribution in [0.5, 0.6) is 11.5 Å². The lowest BCUT2D eigenvalue weighted by Crippen LogP contribution is -2.29. The van der Waals surface area contributed by atoms with Crippen molar-refractivity contribution >= 4 is 50.1 Å². The third kappa shape index (κ3) is 4.74. The standard InChI is InChI=1S/C29H25BrClNO5/c1-3-4-5-14-36-20-10-6-17(7-11-20)26-25-27(33)21-15-18(30)8-12-23(21)37-28(25)29(34)32(26)19-9-13-24(35-2)22(31)16-19/h6-13,15-16,26H,3-5,14H2,1-2H3. The number of amides is 1. The number of ether oxygens (including phenoxy) is 2. The molecule has 1 aliphatic heterocycles. The fourth-order valence-electron chi connectivity index (χ4n) is 4.62. The second kappa shape index (κ2) is 10.6. The Morgan fingerprint density at radius 3 is 2.51 bits per heavy atom. The molecule has 4 aromatic rings. The third-order valence-corrected chi connectivity index (χ3v) is 7.25. The smallest absolute Gasteiger partial charge is 0.295 e. The van der Waals surface area contributed by atoms with E-state index in [2.05, 4.69) is 22.9 Å². The van der Waals surface area contributed by atoms with Crippen molar-refractivity contribution in [2.45, 2.75) is 32.2 Å². The Kier molecular flexibility index (Phi) is 7.26. The average Bonchev–Trinajstić information content (AvgIpc) is 3.19. The Bertz CT molecular complexity index is 1530. The summed E-state index contributed by atoms with van der Waals surface area (Å²) in [6, 6.07) is 17.0. The van der Waals surface area contributed by atoms with Crippen LogP contribution < -0.4 is 19.8 Å². The molecule has 1 atom stereocenters. The van der Waals surface area contributed by atoms with Crippen LogP contribution in [0.3, 0.4) is 0 Å². The Morgan fingerprint density at radius 2 is 1.81 bits per heavy atom. The first kappa shape index (κ1) is 25.4. The average molecular weight is 583 g/mol. The van der Waals surface area contributed by atoms with E-state index >= 15 is 0 Å². The van der Waals surface area contributed by atoms with Gasteiger partial charge in [0.05, 0.1) is 35.7 Å². The summed E-state index contributed by atoms with van der Waals surface area (Å²) in [5.74, 6) is 0.832. The molecular formula is C29H25BrClNO5. The molecule has 0 aliphatic carbocycles. The van der Waals surface area contributed by atoms with E-state index in [1.807, 2.05) is 24.3 Å². The second-order valence-corrected chi connectivity index (χ2v) is 10.2. The molecule has 190 valence electrons. The molecular weight excluding hydrogens is 558 g/mol. The van der Waals surface area contributed by atoms with E-state index in [1.165, 1.54) is 7.11 Å². The van der Waals surface area contributed by atoms with Crippen molar-refractivity contribution < 1.29 is 18.7 Å². The van der Waals surface area contributed by atoms with E-state index in [-0.39, 0.29) is 11.2 Å². The minimum Gasteiger partial charge on any atom is -0.495 e. The van der Waals surface area contributed by atoms with Crippen molar-refractivity contribution in [3.8, 4) is 11.5 Å². The molecule has 0 spiro atoms. The predicted molar refractivity (Wildman–Crippen MR) is 148 cm³/mol. The van der Waals surface area contributed by atoms with Gasteiger partial charge >= 0.3 is 0 Å². The number of unbranched alkanes of at least 4 members (excludes halogenated alkanes) is 2. The number of carbonyl (C=O) groups is 1. The maximum absolute atomic E-state index is 13.8.